The Bertz CT molecular complexity index is 408. The Labute approximate surface area is 83.0 Å². The molecule has 3 nitrogen and oxygen atoms in total. The van der Waals surface area contributed by atoms with Crippen molar-refractivity contribution in [2.75, 3.05) is 11.9 Å². The molecule has 0 bridgehead atoms. The molecular formula is C11H11N2O. The Morgan fingerprint density at radius 2 is 2.21 bits per heavy atom. The highest BCUT2D eigenvalue weighted by molar-refractivity contribution is 5.52. The van der Waals surface area contributed by atoms with E-state index in [0.717, 1.165) is 17.5 Å². The molecule has 0 amide bonds. The molecule has 3 heteroatoms. The van der Waals surface area contributed by atoms with E-state index < -0.39 is 0 Å². The molecule has 0 N–H and O–H groups in total. The fourth-order valence-corrected chi connectivity index (χ4v) is 1.23. The molecule has 0 aliphatic rings. The van der Waals surface area contributed by atoms with Gasteiger partial charge in [-0.3, -0.25) is 4.90 Å². The number of furan rings is 1. The fraction of sp³-hybridized carbons (Fsp3) is 0.182. The van der Waals surface area contributed by atoms with Crippen LogP contribution >= 0.6 is 0 Å². The minimum absolute atomic E-state index is 0.793. The van der Waals surface area contributed by atoms with Crippen LogP contribution in [0.4, 0.5) is 11.7 Å². The molecule has 0 saturated heterocycles. The first kappa shape index (κ1) is 8.81. The van der Waals surface area contributed by atoms with Crippen molar-refractivity contribution < 1.29 is 4.42 Å². The van der Waals surface area contributed by atoms with Gasteiger partial charge < -0.3 is 4.42 Å². The summed E-state index contributed by atoms with van der Waals surface area (Å²) in [4.78, 5) is 6.06. The van der Waals surface area contributed by atoms with Crippen molar-refractivity contribution in [1.82, 2.24) is 4.98 Å². The molecular weight excluding hydrogens is 176 g/mol. The van der Waals surface area contributed by atoms with E-state index in [2.05, 4.69) is 11.1 Å². The van der Waals surface area contributed by atoms with Crippen molar-refractivity contribution in [2.45, 2.75) is 6.92 Å². The van der Waals surface area contributed by atoms with E-state index in [4.69, 9.17) is 4.42 Å². The van der Waals surface area contributed by atoms with Gasteiger partial charge in [-0.1, -0.05) is 0 Å². The van der Waals surface area contributed by atoms with Crippen LogP contribution in [0.25, 0.3) is 0 Å². The maximum Gasteiger partial charge on any atom is 0.200 e. The molecule has 2 heterocycles. The smallest absolute Gasteiger partial charge is 0.200 e. The van der Waals surface area contributed by atoms with Crippen molar-refractivity contribution in [1.29, 1.82) is 0 Å². The van der Waals surface area contributed by atoms with E-state index in [1.54, 1.807) is 6.20 Å². The average Bonchev–Trinajstić information content (AvgIpc) is 2.65. The zero-order valence-corrected chi connectivity index (χ0v) is 8.19. The maximum atomic E-state index is 5.48. The third-order valence-electron chi connectivity index (χ3n) is 2.00. The van der Waals surface area contributed by atoms with Crippen molar-refractivity contribution in [3.63, 3.8) is 0 Å². The summed E-state index contributed by atoms with van der Waals surface area (Å²) in [5.74, 6) is 2.54. The largest absolute Gasteiger partial charge is 0.445 e. The van der Waals surface area contributed by atoms with Crippen LogP contribution in [0.15, 0.2) is 34.9 Å². The van der Waals surface area contributed by atoms with Crippen LogP contribution in [0.1, 0.15) is 5.76 Å². The first-order valence-corrected chi connectivity index (χ1v) is 4.39. The molecule has 0 aliphatic carbocycles. The van der Waals surface area contributed by atoms with E-state index in [1.807, 2.05) is 43.1 Å². The van der Waals surface area contributed by atoms with E-state index in [1.165, 1.54) is 0 Å². The molecule has 0 unspecified atom stereocenters. The monoisotopic (exact) mass is 187 g/mol. The molecule has 0 aliphatic heterocycles. The Balaban J connectivity index is 2.29. The van der Waals surface area contributed by atoms with Gasteiger partial charge >= 0.3 is 0 Å². The lowest BCUT2D eigenvalue weighted by Gasteiger charge is -2.13. The number of hydrogen-bond donors (Lipinski definition) is 0. The minimum Gasteiger partial charge on any atom is -0.445 e. The molecule has 14 heavy (non-hydrogen) atoms. The van der Waals surface area contributed by atoms with Crippen LogP contribution in [-0.4, -0.2) is 12.0 Å². The third-order valence-corrected chi connectivity index (χ3v) is 2.00. The van der Waals surface area contributed by atoms with Gasteiger partial charge in [-0.2, -0.15) is 0 Å². The second-order valence-corrected chi connectivity index (χ2v) is 3.06. The number of aryl methyl sites for hydroxylation is 1. The summed E-state index contributed by atoms with van der Waals surface area (Å²) in [6.07, 6.45) is 1.64. The molecule has 0 atom stereocenters. The predicted molar refractivity (Wildman–Crippen MR) is 54.6 cm³/mol. The Hall–Kier alpha value is -1.77. The number of nitrogens with zero attached hydrogens (tertiary/aromatic N) is 2. The van der Waals surface area contributed by atoms with E-state index in [-0.39, 0.29) is 0 Å². The van der Waals surface area contributed by atoms with Crippen LogP contribution in [0.2, 0.25) is 0 Å². The lowest BCUT2D eigenvalue weighted by molar-refractivity contribution is 0.537. The normalized spacial score (nSPS) is 10.1. The summed E-state index contributed by atoms with van der Waals surface area (Å²) in [5.41, 5.74) is 0. The fourth-order valence-electron chi connectivity index (χ4n) is 1.23. The highest BCUT2D eigenvalue weighted by Crippen LogP contribution is 2.22. The Morgan fingerprint density at radius 3 is 2.79 bits per heavy atom. The Kier molecular flexibility index (Phi) is 2.23. The van der Waals surface area contributed by atoms with Crippen molar-refractivity contribution in [2.24, 2.45) is 0 Å². The first-order chi connectivity index (χ1) is 6.77. The molecule has 0 spiro atoms. The summed E-state index contributed by atoms with van der Waals surface area (Å²) in [5, 5.41) is 0. The van der Waals surface area contributed by atoms with Crippen LogP contribution < -0.4 is 4.90 Å². The highest BCUT2D eigenvalue weighted by atomic mass is 16.4. The van der Waals surface area contributed by atoms with Gasteiger partial charge in [0.25, 0.3) is 0 Å². The number of rotatable bonds is 2. The van der Waals surface area contributed by atoms with Gasteiger partial charge in [0.2, 0.25) is 5.88 Å². The van der Waals surface area contributed by atoms with Gasteiger partial charge in [0, 0.05) is 25.4 Å². The maximum absolute atomic E-state index is 5.48. The van der Waals surface area contributed by atoms with E-state index >= 15 is 0 Å². The minimum atomic E-state index is 0.793. The molecule has 2 aromatic rings. The molecule has 2 rings (SSSR count). The second kappa shape index (κ2) is 3.54. The van der Waals surface area contributed by atoms with Crippen molar-refractivity contribution >= 4 is 11.7 Å². The zero-order chi connectivity index (χ0) is 9.97. The van der Waals surface area contributed by atoms with Crippen molar-refractivity contribution in [3.8, 4) is 0 Å². The van der Waals surface area contributed by atoms with E-state index in [9.17, 15) is 0 Å². The number of hydrogen-bond acceptors (Lipinski definition) is 3. The van der Waals surface area contributed by atoms with Crippen LogP contribution in [0.3, 0.4) is 0 Å². The average molecular weight is 187 g/mol. The summed E-state index contributed by atoms with van der Waals surface area (Å²) < 4.78 is 5.48. The lowest BCUT2D eigenvalue weighted by atomic mass is 10.4. The number of pyridine rings is 1. The topological polar surface area (TPSA) is 29.3 Å². The van der Waals surface area contributed by atoms with Crippen molar-refractivity contribution in [3.05, 3.63) is 42.3 Å². The van der Waals surface area contributed by atoms with Gasteiger partial charge in [0.05, 0.1) is 0 Å². The van der Waals surface area contributed by atoms with E-state index in [0.29, 0.717) is 0 Å². The first-order valence-electron chi connectivity index (χ1n) is 4.39. The van der Waals surface area contributed by atoms with Crippen LogP contribution in [-0.2, 0) is 0 Å². The quantitative estimate of drug-likeness (QED) is 0.723. The van der Waals surface area contributed by atoms with Gasteiger partial charge in [-0.05, 0) is 25.1 Å². The third kappa shape index (κ3) is 1.62. The zero-order valence-electron chi connectivity index (χ0n) is 8.19. The summed E-state index contributed by atoms with van der Waals surface area (Å²) >= 11 is 0. The van der Waals surface area contributed by atoms with Crippen LogP contribution in [0.5, 0.6) is 0 Å². The number of aromatic nitrogens is 1. The second-order valence-electron chi connectivity index (χ2n) is 3.06. The molecule has 2 aromatic heterocycles. The molecule has 0 fully saturated rings. The highest BCUT2D eigenvalue weighted by Gasteiger charge is 2.07. The van der Waals surface area contributed by atoms with Crippen LogP contribution in [0, 0.1) is 13.0 Å². The molecule has 0 aromatic carbocycles. The molecule has 0 saturated carbocycles. The van der Waals surface area contributed by atoms with Gasteiger partial charge in [0.15, 0.2) is 0 Å². The van der Waals surface area contributed by atoms with Gasteiger partial charge in [-0.15, -0.1) is 0 Å². The Morgan fingerprint density at radius 1 is 1.36 bits per heavy atom. The lowest BCUT2D eigenvalue weighted by Crippen LogP contribution is -2.09. The SMILES string of the molecule is Cc1ccc(N(C)c2cc[c]cn2)o1. The summed E-state index contributed by atoms with van der Waals surface area (Å²) in [6, 6.07) is 10.4. The number of anilines is 2. The predicted octanol–water partition coefficient (Wildman–Crippen LogP) is 2.55. The summed E-state index contributed by atoms with van der Waals surface area (Å²) in [6.45, 7) is 1.92. The molecule has 71 valence electrons. The standard InChI is InChI=1S/C11H11N2O/c1-9-6-7-11(14-9)13(2)10-5-3-4-8-12-10/h3,5-8H,1-2H3. The molecule has 1 radical (unpaired) electrons. The van der Waals surface area contributed by atoms with Gasteiger partial charge in [0.1, 0.15) is 11.6 Å². The summed E-state index contributed by atoms with van der Waals surface area (Å²) in [7, 11) is 1.92. The van der Waals surface area contributed by atoms with Gasteiger partial charge in [-0.25, -0.2) is 4.98 Å².